The highest BCUT2D eigenvalue weighted by Gasteiger charge is 2.53. The van der Waals surface area contributed by atoms with Gasteiger partial charge in [-0.1, -0.05) is 48.1 Å². The summed E-state index contributed by atoms with van der Waals surface area (Å²) in [6, 6.07) is 0. The minimum atomic E-state index is -2.19. The van der Waals surface area contributed by atoms with Crippen LogP contribution in [0.4, 0.5) is 0 Å². The van der Waals surface area contributed by atoms with Gasteiger partial charge in [-0.15, -0.1) is 0 Å². The highest BCUT2D eigenvalue weighted by atomic mass is 28.4. The van der Waals surface area contributed by atoms with E-state index in [9.17, 15) is 4.79 Å². The van der Waals surface area contributed by atoms with Crippen molar-refractivity contribution < 1.29 is 9.22 Å². The van der Waals surface area contributed by atoms with Crippen LogP contribution >= 0.6 is 0 Å². The predicted octanol–water partition coefficient (Wildman–Crippen LogP) is 4.28. The first-order chi connectivity index (χ1) is 6.83. The standard InChI is InChI=1S/C13H26O2Si/c1-10(2)11(14)15-16(9,12(3,4)5)13(6,7)8/h1H2,2-9H3. The predicted molar refractivity (Wildman–Crippen MR) is 72.0 cm³/mol. The monoisotopic (exact) mass is 242 g/mol. The summed E-state index contributed by atoms with van der Waals surface area (Å²) >= 11 is 0. The van der Waals surface area contributed by atoms with Gasteiger partial charge in [0.15, 0.2) is 0 Å². The van der Waals surface area contributed by atoms with Crippen molar-refractivity contribution in [3.05, 3.63) is 12.2 Å². The fraction of sp³-hybridized carbons (Fsp3) is 0.769. The molecular weight excluding hydrogens is 216 g/mol. The molecule has 3 heteroatoms. The molecule has 0 aliphatic carbocycles. The molecule has 94 valence electrons. The Balaban J connectivity index is 5.30. The van der Waals surface area contributed by atoms with Gasteiger partial charge in [-0.3, -0.25) is 0 Å². The molecule has 0 saturated carbocycles. The summed E-state index contributed by atoms with van der Waals surface area (Å²) in [5.74, 6) is -0.251. The van der Waals surface area contributed by atoms with Gasteiger partial charge in [0.05, 0.1) is 0 Å². The Morgan fingerprint density at radius 3 is 1.56 bits per heavy atom. The van der Waals surface area contributed by atoms with Gasteiger partial charge in [-0.25, -0.2) is 4.79 Å². The summed E-state index contributed by atoms with van der Waals surface area (Å²) < 4.78 is 5.83. The minimum Gasteiger partial charge on any atom is -0.515 e. The van der Waals surface area contributed by atoms with Crippen molar-refractivity contribution >= 4 is 14.3 Å². The highest BCUT2D eigenvalue weighted by Crippen LogP contribution is 2.51. The zero-order valence-electron chi connectivity index (χ0n) is 12.0. The maximum Gasteiger partial charge on any atom is 0.319 e. The third-order valence-electron chi connectivity index (χ3n) is 3.51. The lowest BCUT2D eigenvalue weighted by Gasteiger charge is -2.47. The molecule has 0 amide bonds. The molecule has 0 aromatic heterocycles. The maximum atomic E-state index is 11.8. The first-order valence-corrected chi connectivity index (χ1v) is 8.12. The van der Waals surface area contributed by atoms with Crippen LogP contribution in [0.3, 0.4) is 0 Å². The summed E-state index contributed by atoms with van der Waals surface area (Å²) in [6.07, 6.45) is 0. The Kier molecular flexibility index (Phi) is 4.20. The first-order valence-electron chi connectivity index (χ1n) is 5.72. The molecule has 0 unspecified atom stereocenters. The molecule has 0 bridgehead atoms. The Bertz CT molecular complexity index is 278. The normalized spacial score (nSPS) is 13.5. The van der Waals surface area contributed by atoms with Crippen molar-refractivity contribution in [2.75, 3.05) is 0 Å². The number of carbonyl (C=O) groups excluding carboxylic acids is 1. The minimum absolute atomic E-state index is 0.0103. The summed E-state index contributed by atoms with van der Waals surface area (Å²) in [4.78, 5) is 11.8. The van der Waals surface area contributed by atoms with E-state index in [0.29, 0.717) is 5.57 Å². The topological polar surface area (TPSA) is 26.3 Å². The summed E-state index contributed by atoms with van der Waals surface area (Å²) in [6.45, 7) is 20.4. The highest BCUT2D eigenvalue weighted by molar-refractivity contribution is 6.79. The van der Waals surface area contributed by atoms with E-state index >= 15 is 0 Å². The number of hydrogen-bond acceptors (Lipinski definition) is 2. The number of rotatable bonds is 2. The van der Waals surface area contributed by atoms with E-state index in [4.69, 9.17) is 4.43 Å². The van der Waals surface area contributed by atoms with Crippen LogP contribution in [0.15, 0.2) is 12.2 Å². The Labute approximate surface area is 101 Å². The van der Waals surface area contributed by atoms with Crippen molar-refractivity contribution in [1.29, 1.82) is 0 Å². The molecule has 0 N–H and O–H groups in total. The Morgan fingerprint density at radius 1 is 1.06 bits per heavy atom. The van der Waals surface area contributed by atoms with Crippen LogP contribution in [0, 0.1) is 0 Å². The van der Waals surface area contributed by atoms with Crippen LogP contribution in [-0.2, 0) is 9.22 Å². The van der Waals surface area contributed by atoms with Gasteiger partial charge in [-0.05, 0) is 23.5 Å². The second-order valence-corrected chi connectivity index (χ2v) is 12.0. The van der Waals surface area contributed by atoms with Crippen LogP contribution < -0.4 is 0 Å². The number of carbonyl (C=O) groups is 1. The van der Waals surface area contributed by atoms with Crippen molar-refractivity contribution in [3.8, 4) is 0 Å². The van der Waals surface area contributed by atoms with Crippen LogP contribution in [0.5, 0.6) is 0 Å². The molecule has 0 saturated heterocycles. The quantitative estimate of drug-likeness (QED) is 0.533. The molecule has 0 spiro atoms. The molecule has 0 fully saturated rings. The smallest absolute Gasteiger partial charge is 0.319 e. The summed E-state index contributed by atoms with van der Waals surface area (Å²) in [5.41, 5.74) is 0.479. The molecule has 0 rings (SSSR count). The van der Waals surface area contributed by atoms with Crippen molar-refractivity contribution in [1.82, 2.24) is 0 Å². The molecular formula is C13H26O2Si. The van der Waals surface area contributed by atoms with E-state index in [2.05, 4.69) is 54.7 Å². The van der Waals surface area contributed by atoms with Crippen LogP contribution in [0.2, 0.25) is 16.6 Å². The van der Waals surface area contributed by atoms with Gasteiger partial charge in [0.2, 0.25) is 0 Å². The number of hydrogen-bond donors (Lipinski definition) is 0. The third kappa shape index (κ3) is 2.97. The Hall–Kier alpha value is -0.573. The lowest BCUT2D eigenvalue weighted by atomic mass is 10.2. The zero-order chi connectivity index (χ0) is 13.4. The molecule has 0 atom stereocenters. The van der Waals surface area contributed by atoms with Crippen molar-refractivity contribution in [3.63, 3.8) is 0 Å². The molecule has 0 radical (unpaired) electrons. The average Bonchev–Trinajstić information content (AvgIpc) is 1.99. The van der Waals surface area contributed by atoms with E-state index < -0.39 is 8.32 Å². The summed E-state index contributed by atoms with van der Waals surface area (Å²) in [7, 11) is -2.19. The summed E-state index contributed by atoms with van der Waals surface area (Å²) in [5, 5.41) is 0.0206. The van der Waals surface area contributed by atoms with E-state index in [-0.39, 0.29) is 16.0 Å². The van der Waals surface area contributed by atoms with Gasteiger partial charge in [0.1, 0.15) is 0 Å². The van der Waals surface area contributed by atoms with Crippen LogP contribution in [-0.4, -0.2) is 14.3 Å². The zero-order valence-corrected chi connectivity index (χ0v) is 13.0. The van der Waals surface area contributed by atoms with E-state index in [1.54, 1.807) is 6.92 Å². The second-order valence-electron chi connectivity index (χ2n) is 6.70. The van der Waals surface area contributed by atoms with E-state index in [1.165, 1.54) is 0 Å². The average molecular weight is 242 g/mol. The molecule has 0 aliphatic heterocycles. The first kappa shape index (κ1) is 15.4. The van der Waals surface area contributed by atoms with Gasteiger partial charge in [0.25, 0.3) is 8.32 Å². The Morgan fingerprint density at radius 2 is 1.38 bits per heavy atom. The lowest BCUT2D eigenvalue weighted by Crippen LogP contribution is -2.53. The second kappa shape index (κ2) is 4.36. The largest absolute Gasteiger partial charge is 0.515 e. The molecule has 0 aliphatic rings. The molecule has 0 aromatic rings. The third-order valence-corrected chi connectivity index (χ3v) is 9.83. The van der Waals surface area contributed by atoms with Crippen molar-refractivity contribution in [2.24, 2.45) is 0 Å². The van der Waals surface area contributed by atoms with Crippen molar-refractivity contribution in [2.45, 2.75) is 65.1 Å². The fourth-order valence-corrected chi connectivity index (χ4v) is 5.11. The lowest BCUT2D eigenvalue weighted by molar-refractivity contribution is -0.131. The van der Waals surface area contributed by atoms with Gasteiger partial charge < -0.3 is 4.43 Å². The van der Waals surface area contributed by atoms with Crippen LogP contribution in [0.25, 0.3) is 0 Å². The molecule has 0 heterocycles. The fourth-order valence-electron chi connectivity index (χ4n) is 1.70. The van der Waals surface area contributed by atoms with E-state index in [0.717, 1.165) is 0 Å². The van der Waals surface area contributed by atoms with Crippen LogP contribution in [0.1, 0.15) is 48.5 Å². The van der Waals surface area contributed by atoms with Gasteiger partial charge in [0, 0.05) is 5.57 Å². The molecule has 2 nitrogen and oxygen atoms in total. The molecule has 0 aromatic carbocycles. The SMILES string of the molecule is C=C(C)C(=O)O[Si](C)(C(C)(C)C)C(C)(C)C. The van der Waals surface area contributed by atoms with Gasteiger partial charge in [-0.2, -0.15) is 0 Å². The maximum absolute atomic E-state index is 11.8. The van der Waals surface area contributed by atoms with E-state index in [1.807, 2.05) is 0 Å². The van der Waals surface area contributed by atoms with Gasteiger partial charge >= 0.3 is 5.97 Å². The molecule has 16 heavy (non-hydrogen) atoms.